The zero-order valence-electron chi connectivity index (χ0n) is 30.2. The van der Waals surface area contributed by atoms with Gasteiger partial charge in [-0.25, -0.2) is 28.2 Å². The quantitative estimate of drug-likeness (QED) is 0.101. The number of nitrogens with one attached hydrogen (secondary N) is 2. The fourth-order valence-electron chi connectivity index (χ4n) is 5.43. The van der Waals surface area contributed by atoms with Crippen LogP contribution in [0.5, 0.6) is 0 Å². The van der Waals surface area contributed by atoms with Crippen LogP contribution < -0.4 is 10.6 Å². The van der Waals surface area contributed by atoms with Crippen molar-refractivity contribution in [2.75, 3.05) is 64.6 Å². The number of amides is 1. The summed E-state index contributed by atoms with van der Waals surface area (Å²) in [4.78, 5) is 48.3. The lowest BCUT2D eigenvalue weighted by Crippen LogP contribution is -2.36. The van der Waals surface area contributed by atoms with Crippen LogP contribution in [0.15, 0.2) is 35.5 Å². The number of hydrogen-bond acceptors (Lipinski definition) is 14. The predicted molar refractivity (Wildman–Crippen MR) is 191 cm³/mol. The van der Waals surface area contributed by atoms with Crippen LogP contribution in [0.3, 0.4) is 0 Å². The minimum atomic E-state index is -4.22. The van der Waals surface area contributed by atoms with Gasteiger partial charge in [0.15, 0.2) is 22.2 Å². The van der Waals surface area contributed by atoms with E-state index in [1.54, 1.807) is 31.7 Å². The number of carbonyl (C=O) groups excluding carboxylic acids is 1. The number of para-hydroxylation sites is 1. The van der Waals surface area contributed by atoms with Gasteiger partial charge in [0, 0.05) is 32.2 Å². The Bertz CT molecular complexity index is 1800. The van der Waals surface area contributed by atoms with Crippen molar-refractivity contribution >= 4 is 44.8 Å². The lowest BCUT2D eigenvalue weighted by atomic mass is 10.1. The normalized spacial score (nSPS) is 16.0. The van der Waals surface area contributed by atoms with Crippen LogP contribution in [0.1, 0.15) is 64.7 Å². The molecular weight excluding hydrogens is 716 g/mol. The first-order valence-corrected chi connectivity index (χ1v) is 18.8. The molecule has 0 radical (unpaired) electrons. The van der Waals surface area contributed by atoms with Gasteiger partial charge in [-0.05, 0) is 52.5 Å². The molecule has 19 nitrogen and oxygen atoms in total. The minimum Gasteiger partial charge on any atom is -0.481 e. The summed E-state index contributed by atoms with van der Waals surface area (Å²) in [5.74, 6) is -0.179. The van der Waals surface area contributed by atoms with Crippen LogP contribution in [0.4, 0.5) is 16.3 Å². The van der Waals surface area contributed by atoms with Gasteiger partial charge in [0.1, 0.15) is 11.1 Å². The average molecular weight is 765 g/mol. The molecule has 0 fully saturated rings. The molecule has 2 bridgehead atoms. The Morgan fingerprint density at radius 3 is 2.36 bits per heavy atom. The van der Waals surface area contributed by atoms with Crippen molar-refractivity contribution in [3.8, 4) is 0 Å². The third kappa shape index (κ3) is 12.6. The molecule has 0 saturated heterocycles. The summed E-state index contributed by atoms with van der Waals surface area (Å²) in [6.07, 6.45) is 2.41. The molecule has 0 saturated carbocycles. The van der Waals surface area contributed by atoms with E-state index in [0.717, 1.165) is 0 Å². The molecule has 3 N–H and O–H groups in total. The van der Waals surface area contributed by atoms with Gasteiger partial charge < -0.3 is 39.3 Å². The number of rotatable bonds is 17. The number of aliphatic carboxylic acids is 1. The number of aryl methyl sites for hydroxylation is 1. The molecule has 3 aromatic rings. The first kappa shape index (κ1) is 41.3. The number of nitro benzene ring substituents is 1. The standard InChI is InChI=1S/C33H48N8O11S/c1-33(2,3)52-32(44)36-24-9-6-7-15-40(53(47,48)26-11-5-4-10-25(26)41(45)46)16-8-14-39-23-35-28-30(37-29(24)38-31(28)39)34-13-18-50-20-22-51-21-19-49-17-12-27(42)43/h4-5,10-11,23-24H,6-9,12-22H2,1-3H3,(H,36,44)(H,42,43)(H,34,37,38)/t24-/m1/s1. The number of imidazole rings is 1. The topological polar surface area (TPSA) is 239 Å². The highest BCUT2D eigenvalue weighted by atomic mass is 32.2. The van der Waals surface area contributed by atoms with E-state index in [4.69, 9.17) is 34.0 Å². The second kappa shape index (κ2) is 19.5. The Labute approximate surface area is 307 Å². The van der Waals surface area contributed by atoms with E-state index in [9.17, 15) is 28.1 Å². The highest BCUT2D eigenvalue weighted by molar-refractivity contribution is 7.89. The van der Waals surface area contributed by atoms with E-state index < -0.39 is 44.3 Å². The van der Waals surface area contributed by atoms with Gasteiger partial charge >= 0.3 is 12.1 Å². The molecule has 4 rings (SSSR count). The molecule has 2 aromatic heterocycles. The number of ether oxygens (including phenoxy) is 4. The number of nitro groups is 1. The van der Waals surface area contributed by atoms with Crippen LogP contribution in [0, 0.1) is 10.1 Å². The minimum absolute atomic E-state index is 0.0617. The smallest absolute Gasteiger partial charge is 0.408 e. The van der Waals surface area contributed by atoms with Crippen molar-refractivity contribution in [2.45, 2.75) is 76.0 Å². The molecule has 53 heavy (non-hydrogen) atoms. The Morgan fingerprint density at radius 1 is 0.981 bits per heavy atom. The third-order valence-corrected chi connectivity index (χ3v) is 9.81. The van der Waals surface area contributed by atoms with Crippen LogP contribution in [-0.4, -0.2) is 119 Å². The summed E-state index contributed by atoms with van der Waals surface area (Å²) < 4.78 is 52.5. The molecule has 20 heteroatoms. The third-order valence-electron chi connectivity index (χ3n) is 7.86. The lowest BCUT2D eigenvalue weighted by molar-refractivity contribution is -0.387. The Morgan fingerprint density at radius 2 is 1.66 bits per heavy atom. The van der Waals surface area contributed by atoms with Gasteiger partial charge in [0.25, 0.3) is 5.69 Å². The maximum absolute atomic E-state index is 13.8. The summed E-state index contributed by atoms with van der Waals surface area (Å²) in [6.45, 7) is 7.81. The molecular formula is C33H48N8O11S. The molecule has 0 unspecified atom stereocenters. The summed E-state index contributed by atoms with van der Waals surface area (Å²) in [5, 5.41) is 26.5. The van der Waals surface area contributed by atoms with E-state index in [0.29, 0.717) is 88.0 Å². The maximum Gasteiger partial charge on any atom is 0.408 e. The van der Waals surface area contributed by atoms with Gasteiger partial charge in [-0.1, -0.05) is 12.1 Å². The van der Waals surface area contributed by atoms with E-state index in [-0.39, 0.29) is 37.6 Å². The van der Waals surface area contributed by atoms with Crippen molar-refractivity contribution in [2.24, 2.45) is 0 Å². The zero-order chi connectivity index (χ0) is 38.4. The van der Waals surface area contributed by atoms with Crippen molar-refractivity contribution in [3.05, 3.63) is 46.5 Å². The average Bonchev–Trinajstić information content (AvgIpc) is 3.50. The fourth-order valence-corrected chi connectivity index (χ4v) is 7.11. The molecule has 1 aliphatic heterocycles. The fraction of sp³-hybridized carbons (Fsp3) is 0.606. The molecule has 0 aliphatic carbocycles. The largest absolute Gasteiger partial charge is 0.481 e. The summed E-state index contributed by atoms with van der Waals surface area (Å²) in [5.41, 5.74) is -0.314. The monoisotopic (exact) mass is 764 g/mol. The van der Waals surface area contributed by atoms with Crippen molar-refractivity contribution in [1.82, 2.24) is 29.1 Å². The molecule has 1 aliphatic rings. The number of carbonyl (C=O) groups is 2. The van der Waals surface area contributed by atoms with Gasteiger partial charge in [-0.2, -0.15) is 4.31 Å². The molecule has 292 valence electrons. The molecule has 1 aromatic carbocycles. The van der Waals surface area contributed by atoms with Crippen molar-refractivity contribution < 1.29 is 47.0 Å². The van der Waals surface area contributed by atoms with Crippen LogP contribution in [0.25, 0.3) is 11.2 Å². The van der Waals surface area contributed by atoms with Crippen molar-refractivity contribution in [3.63, 3.8) is 0 Å². The second-order valence-corrected chi connectivity index (χ2v) is 15.0. The number of benzene rings is 1. The lowest BCUT2D eigenvalue weighted by Gasteiger charge is -2.24. The predicted octanol–water partition coefficient (Wildman–Crippen LogP) is 3.50. The number of carboxylic acid groups (broad SMARTS) is 1. The van der Waals surface area contributed by atoms with E-state index in [1.165, 1.54) is 28.6 Å². The number of nitrogens with zero attached hydrogens (tertiary/aromatic N) is 6. The number of anilines is 1. The number of alkyl carbamates (subject to hydrolysis) is 1. The van der Waals surface area contributed by atoms with E-state index in [2.05, 4.69) is 15.6 Å². The number of aromatic nitrogens is 4. The van der Waals surface area contributed by atoms with Crippen LogP contribution in [0.2, 0.25) is 0 Å². The molecule has 1 amide bonds. The molecule has 1 atom stereocenters. The number of hydrogen-bond donors (Lipinski definition) is 3. The Hall–Kier alpha value is -4.50. The van der Waals surface area contributed by atoms with E-state index in [1.807, 2.05) is 0 Å². The first-order valence-electron chi connectivity index (χ1n) is 17.4. The first-order chi connectivity index (χ1) is 25.3. The van der Waals surface area contributed by atoms with Gasteiger partial charge in [0.05, 0.1) is 63.4 Å². The van der Waals surface area contributed by atoms with Gasteiger partial charge in [-0.3, -0.25) is 14.9 Å². The highest BCUT2D eigenvalue weighted by Gasteiger charge is 2.32. The summed E-state index contributed by atoms with van der Waals surface area (Å²) in [6, 6.07) is 4.60. The number of sulfonamides is 1. The summed E-state index contributed by atoms with van der Waals surface area (Å²) in [7, 11) is -4.22. The maximum atomic E-state index is 13.8. The van der Waals surface area contributed by atoms with Crippen LogP contribution >= 0.6 is 0 Å². The molecule has 3 heterocycles. The molecule has 0 spiro atoms. The Kier molecular flexibility index (Phi) is 15.2. The van der Waals surface area contributed by atoms with Gasteiger partial charge in [0.2, 0.25) is 10.0 Å². The number of fused-ring (bicyclic) bond motifs is 1. The zero-order valence-corrected chi connectivity index (χ0v) is 31.0. The SMILES string of the molecule is CC(C)(C)OC(=O)N[C@@H]1CCCCN(S(=O)(=O)c2ccccc2[N+](=O)[O-])CCCn2cnc3c(NCCOCCOCCOCCC(=O)O)nc1nc32. The van der Waals surface area contributed by atoms with Crippen LogP contribution in [-0.2, 0) is 40.3 Å². The summed E-state index contributed by atoms with van der Waals surface area (Å²) >= 11 is 0. The van der Waals surface area contributed by atoms with E-state index >= 15 is 0 Å². The van der Waals surface area contributed by atoms with Crippen molar-refractivity contribution in [1.29, 1.82) is 0 Å². The van der Waals surface area contributed by atoms with Gasteiger partial charge in [-0.15, -0.1) is 0 Å². The Balaban J connectivity index is 1.49. The highest BCUT2D eigenvalue weighted by Crippen LogP contribution is 2.29. The number of carboxylic acids is 1. The second-order valence-electron chi connectivity index (χ2n) is 13.1.